The Morgan fingerprint density at radius 1 is 1.13 bits per heavy atom. The van der Waals surface area contributed by atoms with Crippen molar-refractivity contribution >= 4 is 17.7 Å². The average Bonchev–Trinajstić information content (AvgIpc) is 3.23. The third-order valence-electron chi connectivity index (χ3n) is 5.45. The van der Waals surface area contributed by atoms with Crippen molar-refractivity contribution in [3.05, 3.63) is 96.1 Å². The molecule has 0 spiro atoms. The predicted octanol–water partition coefficient (Wildman–Crippen LogP) is 5.87. The molecule has 1 aliphatic rings. The van der Waals surface area contributed by atoms with E-state index in [-0.39, 0.29) is 0 Å². The monoisotopic (exact) mass is 397 g/mol. The molecule has 3 rings (SSSR count). The van der Waals surface area contributed by atoms with Gasteiger partial charge in [0.25, 0.3) is 0 Å². The highest BCUT2D eigenvalue weighted by Crippen LogP contribution is 2.20. The summed E-state index contributed by atoms with van der Waals surface area (Å²) in [5.41, 5.74) is 8.88. The van der Waals surface area contributed by atoms with Gasteiger partial charge in [0.05, 0.1) is 5.70 Å². The lowest BCUT2D eigenvalue weighted by Gasteiger charge is -2.10. The highest BCUT2D eigenvalue weighted by molar-refractivity contribution is 6.79. The summed E-state index contributed by atoms with van der Waals surface area (Å²) in [7, 11) is 1.87. The van der Waals surface area contributed by atoms with Crippen LogP contribution in [0.15, 0.2) is 73.9 Å². The molecular formula is C28H36BN. The molecule has 2 aromatic carbocycles. The molecule has 0 aromatic heterocycles. The zero-order chi connectivity index (χ0) is 22.5. The zero-order valence-electron chi connectivity index (χ0n) is 19.2. The fourth-order valence-corrected chi connectivity index (χ4v) is 3.85. The van der Waals surface area contributed by atoms with E-state index >= 15 is 0 Å². The number of aryl methyl sites for hydroxylation is 3. The molecule has 1 heterocycles. The lowest BCUT2D eigenvalue weighted by atomic mass is 9.46. The second kappa shape index (κ2) is 13.3. The van der Waals surface area contributed by atoms with Gasteiger partial charge in [-0.25, -0.2) is 0 Å². The number of nitrogens with one attached hydrogen (secondary N) is 1. The van der Waals surface area contributed by atoms with Crippen molar-refractivity contribution in [2.45, 2.75) is 46.4 Å². The molecule has 1 nitrogen and oxygen atoms in total. The Balaban J connectivity index is 0.00000106. The molecule has 156 valence electrons. The summed E-state index contributed by atoms with van der Waals surface area (Å²) in [6.45, 7) is 16.6. The summed E-state index contributed by atoms with van der Waals surface area (Å²) in [4.78, 5) is 0. The first kappa shape index (κ1) is 25.1. The van der Waals surface area contributed by atoms with Gasteiger partial charge in [0, 0.05) is 7.05 Å². The van der Waals surface area contributed by atoms with Crippen molar-refractivity contribution in [2.75, 3.05) is 7.05 Å². The maximum atomic E-state index is 5.58. The number of hydrogen-bond donors (Lipinski definition) is 1. The molecule has 0 fully saturated rings. The summed E-state index contributed by atoms with van der Waals surface area (Å²) < 4.78 is 0. The quantitative estimate of drug-likeness (QED) is 0.365. The molecular weight excluding hydrogens is 361 g/mol. The summed E-state index contributed by atoms with van der Waals surface area (Å²) in [5.74, 6) is 4.82. The van der Waals surface area contributed by atoms with Crippen molar-refractivity contribution in [3.8, 4) is 12.3 Å². The van der Waals surface area contributed by atoms with E-state index in [0.717, 1.165) is 24.1 Å². The van der Waals surface area contributed by atoms with Gasteiger partial charge in [-0.1, -0.05) is 79.6 Å². The Hall–Kier alpha value is -2.92. The predicted molar refractivity (Wildman–Crippen MR) is 137 cm³/mol. The molecule has 2 aromatic rings. The highest BCUT2D eigenvalue weighted by atomic mass is 14.8. The van der Waals surface area contributed by atoms with Gasteiger partial charge in [0.1, 0.15) is 0 Å². The Labute approximate surface area is 185 Å². The summed E-state index contributed by atoms with van der Waals surface area (Å²) in [6, 6.07) is 15.7. The first-order chi connectivity index (χ1) is 14.7. The standard InChI is InChI=1S/C24H26BN.C2H6.C2H4/c1-5-24(26-4)18(3)22-9-7-8-19(16-22)10-11-20-12-13-21-14-15-25(6-2)23(21)17-20;2*1-2/h1,6-9,12-13,16-17,26H,2,10-11,14-15H2,3-4H3;1-2H3;1-2H2/b24-18+;;. The summed E-state index contributed by atoms with van der Waals surface area (Å²) in [6.07, 6.45) is 10.1. The first-order valence-corrected chi connectivity index (χ1v) is 10.8. The van der Waals surface area contributed by atoms with E-state index in [1.165, 1.54) is 40.5 Å². The van der Waals surface area contributed by atoms with Crippen LogP contribution >= 0.6 is 0 Å². The normalized spacial score (nSPS) is 12.2. The van der Waals surface area contributed by atoms with E-state index in [2.05, 4.69) is 86.3 Å². The Morgan fingerprint density at radius 3 is 2.40 bits per heavy atom. The zero-order valence-corrected chi connectivity index (χ0v) is 19.2. The van der Waals surface area contributed by atoms with Crippen LogP contribution < -0.4 is 10.8 Å². The smallest absolute Gasteiger partial charge is 0.201 e. The Kier molecular flexibility index (Phi) is 11.2. The van der Waals surface area contributed by atoms with Crippen molar-refractivity contribution < 1.29 is 0 Å². The molecule has 0 unspecified atom stereocenters. The number of allylic oxidation sites excluding steroid dienone is 2. The van der Waals surface area contributed by atoms with Crippen LogP contribution in [-0.2, 0) is 19.3 Å². The van der Waals surface area contributed by atoms with Gasteiger partial charge in [0.2, 0.25) is 6.71 Å². The molecule has 0 saturated heterocycles. The van der Waals surface area contributed by atoms with E-state index in [1.807, 2.05) is 20.9 Å². The van der Waals surface area contributed by atoms with Crippen LogP contribution in [0.25, 0.3) is 5.57 Å². The SMILES string of the molecule is C#C/C(NC)=C(/C)c1cccc(CCc2ccc3c(c2)B(C=C)CC3)c1.C=C.CC. The Morgan fingerprint density at radius 2 is 1.80 bits per heavy atom. The highest BCUT2D eigenvalue weighted by Gasteiger charge is 2.23. The van der Waals surface area contributed by atoms with Crippen LogP contribution in [0.1, 0.15) is 43.0 Å². The third kappa shape index (κ3) is 6.29. The minimum absolute atomic E-state index is 0.532. The molecule has 0 amide bonds. The average molecular weight is 397 g/mol. The van der Waals surface area contributed by atoms with Gasteiger partial charge >= 0.3 is 0 Å². The topological polar surface area (TPSA) is 12.0 Å². The number of hydrogen-bond acceptors (Lipinski definition) is 1. The van der Waals surface area contributed by atoms with Crippen molar-refractivity contribution in [1.29, 1.82) is 0 Å². The summed E-state index contributed by atoms with van der Waals surface area (Å²) in [5, 5.41) is 3.10. The van der Waals surface area contributed by atoms with E-state index in [4.69, 9.17) is 6.42 Å². The molecule has 0 atom stereocenters. The maximum Gasteiger partial charge on any atom is 0.201 e. The van der Waals surface area contributed by atoms with E-state index in [0.29, 0.717) is 6.71 Å². The van der Waals surface area contributed by atoms with Crippen LogP contribution in [0, 0.1) is 12.3 Å². The largest absolute Gasteiger partial charge is 0.381 e. The van der Waals surface area contributed by atoms with Crippen molar-refractivity contribution in [1.82, 2.24) is 5.32 Å². The number of fused-ring (bicyclic) bond motifs is 1. The minimum atomic E-state index is 0.532. The van der Waals surface area contributed by atoms with Crippen molar-refractivity contribution in [2.24, 2.45) is 0 Å². The maximum absolute atomic E-state index is 5.58. The first-order valence-electron chi connectivity index (χ1n) is 10.8. The second-order valence-electron chi connectivity index (χ2n) is 7.01. The van der Waals surface area contributed by atoms with Crippen molar-refractivity contribution in [3.63, 3.8) is 0 Å². The second-order valence-corrected chi connectivity index (χ2v) is 7.01. The Bertz CT molecular complexity index is 901. The van der Waals surface area contributed by atoms with Crippen LogP contribution in [-0.4, -0.2) is 13.8 Å². The van der Waals surface area contributed by atoms with E-state index < -0.39 is 0 Å². The van der Waals surface area contributed by atoms with Crippen LogP contribution in [0.3, 0.4) is 0 Å². The van der Waals surface area contributed by atoms with Crippen LogP contribution in [0.2, 0.25) is 6.32 Å². The lowest BCUT2D eigenvalue weighted by molar-refractivity contribution is 0.959. The van der Waals surface area contributed by atoms with E-state index in [9.17, 15) is 0 Å². The molecule has 0 saturated carbocycles. The molecule has 0 bridgehead atoms. The molecule has 0 aliphatic carbocycles. The number of rotatable bonds is 6. The van der Waals surface area contributed by atoms with Crippen LogP contribution in [0.5, 0.6) is 0 Å². The molecule has 2 heteroatoms. The summed E-state index contributed by atoms with van der Waals surface area (Å²) >= 11 is 0. The van der Waals surface area contributed by atoms with Gasteiger partial charge in [-0.05, 0) is 48.4 Å². The lowest BCUT2D eigenvalue weighted by Crippen LogP contribution is -2.24. The van der Waals surface area contributed by atoms with Gasteiger partial charge in [-0.3, -0.25) is 0 Å². The fraction of sp³-hybridized carbons (Fsp3) is 0.286. The number of benzene rings is 2. The third-order valence-corrected chi connectivity index (χ3v) is 5.45. The molecule has 1 aliphatic heterocycles. The molecule has 30 heavy (non-hydrogen) atoms. The van der Waals surface area contributed by atoms with E-state index in [1.54, 1.807) is 0 Å². The van der Waals surface area contributed by atoms with Crippen LogP contribution in [0.4, 0.5) is 0 Å². The van der Waals surface area contributed by atoms with Gasteiger partial charge in [-0.15, -0.1) is 32.1 Å². The minimum Gasteiger partial charge on any atom is -0.381 e. The van der Waals surface area contributed by atoms with Gasteiger partial charge in [-0.2, -0.15) is 0 Å². The molecule has 0 radical (unpaired) electrons. The van der Waals surface area contributed by atoms with Gasteiger partial charge < -0.3 is 5.32 Å². The van der Waals surface area contributed by atoms with Gasteiger partial charge in [0.15, 0.2) is 0 Å². The molecule has 1 N–H and O–H groups in total. The number of terminal acetylenes is 1. The fourth-order valence-electron chi connectivity index (χ4n) is 3.85.